The lowest BCUT2D eigenvalue weighted by Crippen LogP contribution is -2.41. The van der Waals surface area contributed by atoms with Crippen LogP contribution in [0.3, 0.4) is 0 Å². The van der Waals surface area contributed by atoms with Gasteiger partial charge >= 0.3 is 5.97 Å². The number of aromatic nitrogens is 1. The summed E-state index contributed by atoms with van der Waals surface area (Å²) in [6.07, 6.45) is 6.60. The van der Waals surface area contributed by atoms with Gasteiger partial charge in [0.2, 0.25) is 0 Å². The Hall–Kier alpha value is -2.33. The van der Waals surface area contributed by atoms with Crippen LogP contribution in [0.5, 0.6) is 0 Å². The van der Waals surface area contributed by atoms with E-state index in [-0.39, 0.29) is 5.91 Å². The summed E-state index contributed by atoms with van der Waals surface area (Å²) >= 11 is 5.28. The van der Waals surface area contributed by atoms with Crippen molar-refractivity contribution in [3.05, 3.63) is 75.7 Å². The molecule has 1 saturated heterocycles. The molecule has 2 heterocycles. The number of carbonyl (C=O) groups is 2. The van der Waals surface area contributed by atoms with E-state index in [1.807, 2.05) is 73.0 Å². The number of amides is 1. The first kappa shape index (κ1) is 28.7. The number of carboxylic acids is 1. The van der Waals surface area contributed by atoms with Crippen LogP contribution in [0, 0.1) is 6.92 Å². The van der Waals surface area contributed by atoms with Crippen molar-refractivity contribution in [3.8, 4) is 11.1 Å². The second-order valence-corrected chi connectivity index (χ2v) is 12.7. The van der Waals surface area contributed by atoms with Gasteiger partial charge in [-0.15, -0.1) is 11.3 Å². The highest BCUT2D eigenvalue weighted by molar-refractivity contribution is 7.99. The number of nitrogens with one attached hydrogen (secondary N) is 1. The van der Waals surface area contributed by atoms with Crippen LogP contribution in [0.4, 0.5) is 0 Å². The van der Waals surface area contributed by atoms with Gasteiger partial charge in [-0.2, -0.15) is 23.5 Å². The molecule has 2 N–H and O–H groups in total. The van der Waals surface area contributed by atoms with Gasteiger partial charge in [-0.3, -0.25) is 14.7 Å². The van der Waals surface area contributed by atoms with Gasteiger partial charge in [-0.1, -0.05) is 30.3 Å². The lowest BCUT2D eigenvalue weighted by Gasteiger charge is -2.34. The summed E-state index contributed by atoms with van der Waals surface area (Å²) in [7, 11) is 0. The first-order valence-corrected chi connectivity index (χ1v) is 16.3. The fourth-order valence-electron chi connectivity index (χ4n) is 4.83. The van der Waals surface area contributed by atoms with Crippen LogP contribution < -0.4 is 5.32 Å². The maximum absolute atomic E-state index is 13.4. The number of carboxylic acid groups (broad SMARTS) is 1. The predicted octanol–water partition coefficient (Wildman–Crippen LogP) is 5.95. The van der Waals surface area contributed by atoms with Gasteiger partial charge in [-0.05, 0) is 84.1 Å². The highest BCUT2D eigenvalue weighted by Crippen LogP contribution is 2.31. The Kier molecular flexibility index (Phi) is 10.7. The number of aliphatic carboxylic acids is 1. The van der Waals surface area contributed by atoms with Crippen molar-refractivity contribution in [1.29, 1.82) is 0 Å². The maximum Gasteiger partial charge on any atom is 0.326 e. The van der Waals surface area contributed by atoms with Gasteiger partial charge in [0.15, 0.2) is 0 Å². The average molecular weight is 570 g/mol. The van der Waals surface area contributed by atoms with E-state index in [2.05, 4.69) is 21.3 Å². The molecule has 1 aliphatic rings. The molecule has 9 heteroatoms. The fraction of sp³-hybridized carbons (Fsp3) is 0.414. The summed E-state index contributed by atoms with van der Waals surface area (Å²) in [6.45, 7) is 3.68. The van der Waals surface area contributed by atoms with E-state index >= 15 is 0 Å². The third-order valence-electron chi connectivity index (χ3n) is 6.91. The Bertz CT molecular complexity index is 1210. The molecule has 0 spiro atoms. The maximum atomic E-state index is 13.4. The normalized spacial score (nSPS) is 14.9. The van der Waals surface area contributed by atoms with Crippen LogP contribution in [0.2, 0.25) is 0 Å². The number of hydrogen-bond acceptors (Lipinski definition) is 7. The molecule has 1 amide bonds. The van der Waals surface area contributed by atoms with Crippen molar-refractivity contribution in [2.75, 3.05) is 23.5 Å². The highest BCUT2D eigenvalue weighted by Gasteiger charge is 2.25. The summed E-state index contributed by atoms with van der Waals surface area (Å²) in [5, 5.41) is 12.4. The zero-order valence-corrected chi connectivity index (χ0v) is 24.3. The third-order valence-corrected chi connectivity index (χ3v) is 9.37. The summed E-state index contributed by atoms with van der Waals surface area (Å²) in [6, 6.07) is 13.6. The smallest absolute Gasteiger partial charge is 0.326 e. The monoisotopic (exact) mass is 569 g/mol. The summed E-state index contributed by atoms with van der Waals surface area (Å²) in [5.41, 5.74) is 6.42. The van der Waals surface area contributed by atoms with Gasteiger partial charge in [0.05, 0.1) is 5.51 Å². The van der Waals surface area contributed by atoms with Crippen LogP contribution >= 0.6 is 34.9 Å². The van der Waals surface area contributed by atoms with Crippen molar-refractivity contribution >= 4 is 46.7 Å². The Balaban J connectivity index is 1.66. The minimum absolute atomic E-state index is 0.353. The van der Waals surface area contributed by atoms with Crippen LogP contribution in [-0.4, -0.2) is 62.5 Å². The van der Waals surface area contributed by atoms with Crippen LogP contribution in [0.25, 0.3) is 11.1 Å². The molecule has 0 bridgehead atoms. The number of thioether (sulfide) groups is 2. The van der Waals surface area contributed by atoms with Crippen molar-refractivity contribution < 1.29 is 14.7 Å². The number of hydrogen-bond donors (Lipinski definition) is 2. The molecule has 202 valence electrons. The Morgan fingerprint density at radius 3 is 2.63 bits per heavy atom. The molecule has 3 aromatic rings. The molecule has 1 atom stereocenters. The van der Waals surface area contributed by atoms with Crippen molar-refractivity contribution in [1.82, 2.24) is 15.2 Å². The largest absolute Gasteiger partial charge is 0.480 e. The minimum Gasteiger partial charge on any atom is -0.480 e. The lowest BCUT2D eigenvalue weighted by molar-refractivity contribution is -0.139. The molecule has 0 saturated carbocycles. The van der Waals surface area contributed by atoms with Crippen LogP contribution in [0.1, 0.15) is 45.6 Å². The van der Waals surface area contributed by atoms with E-state index in [0.29, 0.717) is 23.8 Å². The number of nitrogens with zero attached hydrogens (tertiary/aromatic N) is 2. The molecular weight excluding hydrogens is 535 g/mol. The molecule has 1 fully saturated rings. The van der Waals surface area contributed by atoms with Crippen LogP contribution in [0.15, 0.2) is 54.2 Å². The van der Waals surface area contributed by atoms with E-state index in [1.165, 1.54) is 29.2 Å². The van der Waals surface area contributed by atoms with Crippen molar-refractivity contribution in [2.24, 2.45) is 0 Å². The number of carbonyl (C=O) groups excluding carboxylic acids is 1. The molecular formula is C29H35N3O3S3. The standard InChI is InChI=1S/C29H35N3O3S3/c1-20-5-3-4-6-24(20)26-15-21(7-8-25(26)28(33)31-27(29(34)35)11-12-36-2)17-32(18-23-16-30-19-38-23)22-9-13-37-14-10-22/h3-8,15-16,19,22,27H,9-14,17-18H2,1-2H3,(H,31,33)(H,34,35). The molecule has 2 aromatic carbocycles. The third kappa shape index (κ3) is 7.62. The average Bonchev–Trinajstić information content (AvgIpc) is 3.44. The van der Waals surface area contributed by atoms with Crippen LogP contribution in [-0.2, 0) is 17.9 Å². The molecule has 4 rings (SSSR count). The van der Waals surface area contributed by atoms with Gasteiger partial charge in [0.1, 0.15) is 6.04 Å². The Labute approximate surface area is 237 Å². The first-order chi connectivity index (χ1) is 18.5. The summed E-state index contributed by atoms with van der Waals surface area (Å²) in [5.74, 6) is 1.66. The summed E-state index contributed by atoms with van der Waals surface area (Å²) < 4.78 is 0. The van der Waals surface area contributed by atoms with Gasteiger partial charge in [-0.25, -0.2) is 4.79 Å². The molecule has 38 heavy (non-hydrogen) atoms. The molecule has 0 radical (unpaired) electrons. The van der Waals surface area contributed by atoms with E-state index in [0.717, 1.165) is 35.3 Å². The SMILES string of the molecule is CSCCC(NC(=O)c1ccc(CN(Cc2cncs2)C2CCSCC2)cc1-c1ccccc1C)C(=O)O. The van der Waals surface area contributed by atoms with E-state index in [9.17, 15) is 14.7 Å². The van der Waals surface area contributed by atoms with Gasteiger partial charge < -0.3 is 10.4 Å². The zero-order valence-electron chi connectivity index (χ0n) is 21.9. The fourth-order valence-corrected chi connectivity index (χ4v) is 7.01. The number of benzene rings is 2. The van der Waals surface area contributed by atoms with E-state index in [4.69, 9.17) is 0 Å². The molecule has 0 aliphatic carbocycles. The second kappa shape index (κ2) is 14.2. The topological polar surface area (TPSA) is 82.5 Å². The molecule has 6 nitrogen and oxygen atoms in total. The molecule has 1 unspecified atom stereocenters. The highest BCUT2D eigenvalue weighted by atomic mass is 32.2. The van der Waals surface area contributed by atoms with Gasteiger partial charge in [0.25, 0.3) is 5.91 Å². The minimum atomic E-state index is -1.01. The molecule has 1 aliphatic heterocycles. The van der Waals surface area contributed by atoms with E-state index < -0.39 is 12.0 Å². The van der Waals surface area contributed by atoms with E-state index in [1.54, 1.807) is 23.1 Å². The van der Waals surface area contributed by atoms with Crippen molar-refractivity contribution in [3.63, 3.8) is 0 Å². The quantitative estimate of drug-likeness (QED) is 0.279. The Morgan fingerprint density at radius 2 is 1.95 bits per heavy atom. The number of aryl methyl sites for hydroxylation is 1. The van der Waals surface area contributed by atoms with Crippen molar-refractivity contribution in [2.45, 2.75) is 51.4 Å². The Morgan fingerprint density at radius 1 is 1.16 bits per heavy atom. The number of rotatable bonds is 12. The van der Waals surface area contributed by atoms with Gasteiger partial charge in [0, 0.05) is 35.8 Å². The zero-order chi connectivity index (χ0) is 26.9. The summed E-state index contributed by atoms with van der Waals surface area (Å²) in [4.78, 5) is 33.3. The second-order valence-electron chi connectivity index (χ2n) is 9.56. The lowest BCUT2D eigenvalue weighted by atomic mass is 9.93. The number of thiazole rings is 1. The predicted molar refractivity (Wildman–Crippen MR) is 160 cm³/mol. The first-order valence-electron chi connectivity index (χ1n) is 12.9. The molecule has 1 aromatic heterocycles.